The van der Waals surface area contributed by atoms with Crippen LogP contribution < -0.4 is 0 Å². The quantitative estimate of drug-likeness (QED) is 0.761. The van der Waals surface area contributed by atoms with Crippen LogP contribution in [0.4, 0.5) is 0 Å². The summed E-state index contributed by atoms with van der Waals surface area (Å²) in [5.41, 5.74) is 0.856. The molecule has 1 unspecified atom stereocenters. The maximum absolute atomic E-state index is 13.4. The number of rotatable bonds is 2. The highest BCUT2D eigenvalue weighted by atomic mass is 32.1. The molecule has 0 bridgehead atoms. The van der Waals surface area contributed by atoms with E-state index in [1.54, 1.807) is 0 Å². The van der Waals surface area contributed by atoms with Crippen molar-refractivity contribution in [3.8, 4) is 0 Å². The number of likely N-dealkylation sites (N-methyl/N-ethyl adjacent to an activating group) is 1. The molecule has 4 rings (SSSR count). The SMILES string of the molecule is Cc1nc(C)c(C(=O)N2CCC3(CCCN(C)C3C(=O)N3CCCC3)CC2)s1. The summed E-state index contributed by atoms with van der Waals surface area (Å²) in [6, 6.07) is -0.0241. The van der Waals surface area contributed by atoms with Gasteiger partial charge in [0.15, 0.2) is 0 Å². The van der Waals surface area contributed by atoms with Crippen molar-refractivity contribution in [3.63, 3.8) is 0 Å². The van der Waals surface area contributed by atoms with Gasteiger partial charge in [0, 0.05) is 26.2 Å². The van der Waals surface area contributed by atoms with Gasteiger partial charge in [0.25, 0.3) is 5.91 Å². The number of nitrogens with zero attached hydrogens (tertiary/aromatic N) is 4. The number of thiazole rings is 1. The maximum Gasteiger partial charge on any atom is 0.265 e. The van der Waals surface area contributed by atoms with E-state index in [0.29, 0.717) is 5.91 Å². The van der Waals surface area contributed by atoms with Crippen molar-refractivity contribution in [1.82, 2.24) is 19.7 Å². The predicted molar refractivity (Wildman–Crippen MR) is 111 cm³/mol. The number of aryl methyl sites for hydroxylation is 2. The Morgan fingerprint density at radius 1 is 0.964 bits per heavy atom. The standard InChI is InChI=1S/C21H32N4O2S/c1-15-17(28-16(2)22-15)19(26)25-13-8-21(9-14-25)7-6-10-23(3)18(21)20(27)24-11-4-5-12-24/h18H,4-14H2,1-3H3. The molecule has 3 aliphatic heterocycles. The number of hydrogen-bond acceptors (Lipinski definition) is 5. The van der Waals surface area contributed by atoms with E-state index < -0.39 is 0 Å². The summed E-state index contributed by atoms with van der Waals surface area (Å²) in [4.78, 5) is 37.9. The molecule has 0 saturated carbocycles. The number of aromatic nitrogens is 1. The lowest BCUT2D eigenvalue weighted by molar-refractivity contribution is -0.145. The first kappa shape index (κ1) is 19.8. The highest BCUT2D eigenvalue weighted by Gasteiger charge is 2.50. The second-order valence-corrected chi connectivity index (χ2v) is 10.0. The molecule has 0 aromatic carbocycles. The van der Waals surface area contributed by atoms with Gasteiger partial charge in [-0.05, 0) is 71.4 Å². The Balaban J connectivity index is 1.49. The summed E-state index contributed by atoms with van der Waals surface area (Å²) in [6.07, 6.45) is 6.34. The summed E-state index contributed by atoms with van der Waals surface area (Å²) < 4.78 is 0. The van der Waals surface area contributed by atoms with E-state index >= 15 is 0 Å². The Hall–Kier alpha value is -1.47. The second kappa shape index (κ2) is 7.75. The van der Waals surface area contributed by atoms with Gasteiger partial charge in [0.05, 0.1) is 16.7 Å². The average molecular weight is 405 g/mol. The molecule has 1 atom stereocenters. The lowest BCUT2D eigenvalue weighted by Crippen LogP contribution is -2.61. The third kappa shape index (κ3) is 3.47. The molecule has 3 aliphatic rings. The minimum Gasteiger partial charge on any atom is -0.341 e. The monoisotopic (exact) mass is 404 g/mol. The van der Waals surface area contributed by atoms with E-state index in [1.807, 2.05) is 18.7 Å². The summed E-state index contributed by atoms with van der Waals surface area (Å²) in [5, 5.41) is 0.944. The Morgan fingerprint density at radius 2 is 1.64 bits per heavy atom. The number of likely N-dealkylation sites (tertiary alicyclic amines) is 3. The highest BCUT2D eigenvalue weighted by Crippen LogP contribution is 2.45. The fourth-order valence-corrected chi connectivity index (χ4v) is 6.41. The molecule has 1 spiro atoms. The zero-order valence-corrected chi connectivity index (χ0v) is 18.2. The van der Waals surface area contributed by atoms with E-state index in [9.17, 15) is 9.59 Å². The molecule has 154 valence electrons. The fourth-order valence-electron chi connectivity index (χ4n) is 5.53. The van der Waals surface area contributed by atoms with Gasteiger partial charge in [-0.3, -0.25) is 14.5 Å². The van der Waals surface area contributed by atoms with E-state index in [2.05, 4.69) is 21.8 Å². The minimum atomic E-state index is -0.0241. The van der Waals surface area contributed by atoms with Crippen molar-refractivity contribution in [2.75, 3.05) is 39.8 Å². The molecule has 7 heteroatoms. The smallest absolute Gasteiger partial charge is 0.265 e. The molecular formula is C21H32N4O2S. The molecule has 0 radical (unpaired) electrons. The minimum absolute atomic E-state index is 0.0160. The fraction of sp³-hybridized carbons (Fsp3) is 0.762. The van der Waals surface area contributed by atoms with Gasteiger partial charge in [0.2, 0.25) is 5.91 Å². The average Bonchev–Trinajstić information content (AvgIpc) is 3.31. The van der Waals surface area contributed by atoms with Crippen LogP contribution in [0.5, 0.6) is 0 Å². The van der Waals surface area contributed by atoms with E-state index in [-0.39, 0.29) is 17.4 Å². The zero-order chi connectivity index (χ0) is 19.9. The van der Waals surface area contributed by atoms with Gasteiger partial charge >= 0.3 is 0 Å². The topological polar surface area (TPSA) is 56.8 Å². The lowest BCUT2D eigenvalue weighted by atomic mass is 9.66. The van der Waals surface area contributed by atoms with Crippen LogP contribution in [0.25, 0.3) is 0 Å². The number of piperidine rings is 2. The van der Waals surface area contributed by atoms with Crippen LogP contribution in [-0.2, 0) is 4.79 Å². The van der Waals surface area contributed by atoms with Crippen LogP contribution in [0.3, 0.4) is 0 Å². The van der Waals surface area contributed by atoms with Crippen LogP contribution >= 0.6 is 11.3 Å². The van der Waals surface area contributed by atoms with Gasteiger partial charge < -0.3 is 9.80 Å². The number of amides is 2. The van der Waals surface area contributed by atoms with Crippen molar-refractivity contribution in [3.05, 3.63) is 15.6 Å². The second-order valence-electron chi connectivity index (χ2n) is 8.82. The van der Waals surface area contributed by atoms with E-state index in [1.165, 1.54) is 11.3 Å². The first-order chi connectivity index (χ1) is 13.4. The zero-order valence-electron chi connectivity index (χ0n) is 17.4. The molecule has 0 aliphatic carbocycles. The van der Waals surface area contributed by atoms with Crippen molar-refractivity contribution in [2.45, 2.75) is 58.4 Å². The summed E-state index contributed by atoms with van der Waals surface area (Å²) in [6.45, 7) is 8.17. The number of hydrogen-bond donors (Lipinski definition) is 0. The number of carbonyl (C=O) groups is 2. The predicted octanol–water partition coefficient (Wildman–Crippen LogP) is 2.70. The van der Waals surface area contributed by atoms with Crippen molar-refractivity contribution >= 4 is 23.2 Å². The Morgan fingerprint density at radius 3 is 2.25 bits per heavy atom. The summed E-state index contributed by atoms with van der Waals surface area (Å²) in [7, 11) is 2.11. The van der Waals surface area contributed by atoms with Gasteiger partial charge in [0.1, 0.15) is 4.88 Å². The largest absolute Gasteiger partial charge is 0.341 e. The molecule has 1 aromatic rings. The van der Waals surface area contributed by atoms with Crippen LogP contribution in [-0.4, -0.2) is 77.3 Å². The Labute approximate surface area is 171 Å². The number of carbonyl (C=O) groups excluding carboxylic acids is 2. The Bertz CT molecular complexity index is 748. The van der Waals surface area contributed by atoms with Crippen LogP contribution in [0.2, 0.25) is 0 Å². The van der Waals surface area contributed by atoms with Crippen molar-refractivity contribution in [1.29, 1.82) is 0 Å². The Kier molecular flexibility index (Phi) is 5.49. The molecule has 0 N–H and O–H groups in total. The third-order valence-electron chi connectivity index (χ3n) is 7.00. The molecule has 28 heavy (non-hydrogen) atoms. The summed E-state index contributed by atoms with van der Waals surface area (Å²) >= 11 is 1.49. The third-order valence-corrected chi connectivity index (χ3v) is 8.06. The van der Waals surface area contributed by atoms with E-state index in [0.717, 1.165) is 86.8 Å². The van der Waals surface area contributed by atoms with Gasteiger partial charge in [-0.1, -0.05) is 0 Å². The molecule has 3 fully saturated rings. The lowest BCUT2D eigenvalue weighted by Gasteiger charge is -2.52. The normalized spacial score (nSPS) is 25.5. The van der Waals surface area contributed by atoms with Crippen molar-refractivity contribution < 1.29 is 9.59 Å². The van der Waals surface area contributed by atoms with Gasteiger partial charge in [-0.15, -0.1) is 11.3 Å². The first-order valence-corrected chi connectivity index (χ1v) is 11.5. The molecule has 3 saturated heterocycles. The van der Waals surface area contributed by atoms with Gasteiger partial charge in [-0.25, -0.2) is 4.98 Å². The van der Waals surface area contributed by atoms with E-state index in [4.69, 9.17) is 0 Å². The molecular weight excluding hydrogens is 372 g/mol. The van der Waals surface area contributed by atoms with Crippen LogP contribution in [0.1, 0.15) is 58.9 Å². The highest BCUT2D eigenvalue weighted by molar-refractivity contribution is 7.13. The maximum atomic E-state index is 13.4. The van der Waals surface area contributed by atoms with Crippen molar-refractivity contribution in [2.24, 2.45) is 5.41 Å². The molecule has 2 amide bonds. The molecule has 1 aromatic heterocycles. The van der Waals surface area contributed by atoms with Gasteiger partial charge in [-0.2, -0.15) is 0 Å². The molecule has 4 heterocycles. The van der Waals surface area contributed by atoms with Crippen LogP contribution in [0, 0.1) is 19.3 Å². The summed E-state index contributed by atoms with van der Waals surface area (Å²) in [5.74, 6) is 0.443. The van der Waals surface area contributed by atoms with Crippen LogP contribution in [0.15, 0.2) is 0 Å². The first-order valence-electron chi connectivity index (χ1n) is 10.6. The molecule has 6 nitrogen and oxygen atoms in total.